The lowest BCUT2D eigenvalue weighted by atomic mass is 9.92. The predicted octanol–water partition coefficient (Wildman–Crippen LogP) is 11.4. The molecule has 0 atom stereocenters. The summed E-state index contributed by atoms with van der Waals surface area (Å²) in [6.45, 7) is 0. The average molecular weight is 563 g/mol. The van der Waals surface area contributed by atoms with Gasteiger partial charge in [-0.3, -0.25) is 4.98 Å². The third-order valence-electron chi connectivity index (χ3n) is 9.05. The van der Waals surface area contributed by atoms with Crippen molar-refractivity contribution in [1.82, 2.24) is 9.97 Å². The van der Waals surface area contributed by atoms with Crippen LogP contribution in [0.3, 0.4) is 0 Å². The molecular weight excluding hydrogens is 541 g/mol. The Morgan fingerprint density at radius 3 is 1.77 bits per heavy atom. The molecule has 3 heteroatoms. The fraction of sp³-hybridized carbons (Fsp3) is 0. The molecule has 3 heterocycles. The van der Waals surface area contributed by atoms with Crippen molar-refractivity contribution >= 4 is 96.4 Å². The summed E-state index contributed by atoms with van der Waals surface area (Å²) in [5.74, 6) is 0. The highest BCUT2D eigenvalue weighted by Crippen LogP contribution is 2.46. The van der Waals surface area contributed by atoms with Crippen molar-refractivity contribution in [3.05, 3.63) is 134 Å². The van der Waals surface area contributed by atoms with Crippen LogP contribution in [0.15, 0.2) is 134 Å². The van der Waals surface area contributed by atoms with E-state index in [0.717, 1.165) is 33.1 Å². The molecule has 0 saturated heterocycles. The van der Waals surface area contributed by atoms with Gasteiger partial charge >= 0.3 is 0 Å². The molecule has 10 rings (SSSR count). The molecule has 0 aliphatic heterocycles. The number of nitrogens with zero attached hydrogens (tertiary/aromatic N) is 2. The summed E-state index contributed by atoms with van der Waals surface area (Å²) < 4.78 is 2.59. The lowest BCUT2D eigenvalue weighted by Gasteiger charge is -2.11. The molecular formula is C40H22N2S. The van der Waals surface area contributed by atoms with E-state index in [-0.39, 0.29) is 0 Å². The first-order valence-electron chi connectivity index (χ1n) is 14.6. The van der Waals surface area contributed by atoms with Gasteiger partial charge in [-0.05, 0) is 73.4 Å². The maximum absolute atomic E-state index is 5.24. The lowest BCUT2D eigenvalue weighted by molar-refractivity contribution is 1.38. The van der Waals surface area contributed by atoms with Crippen LogP contribution < -0.4 is 0 Å². The Morgan fingerprint density at radius 1 is 0.419 bits per heavy atom. The van der Waals surface area contributed by atoms with Crippen molar-refractivity contribution in [3.63, 3.8) is 0 Å². The van der Waals surface area contributed by atoms with E-state index in [2.05, 4.69) is 121 Å². The van der Waals surface area contributed by atoms with Gasteiger partial charge in [-0.2, -0.15) is 0 Å². The second kappa shape index (κ2) is 8.57. The van der Waals surface area contributed by atoms with Crippen molar-refractivity contribution in [2.45, 2.75) is 0 Å². The van der Waals surface area contributed by atoms with E-state index in [1.807, 2.05) is 23.6 Å². The van der Waals surface area contributed by atoms with E-state index < -0.39 is 0 Å². The molecule has 10 aromatic rings. The molecule has 0 radical (unpaired) electrons. The second-order valence-corrected chi connectivity index (χ2v) is 12.4. The quantitative estimate of drug-likeness (QED) is 0.186. The first-order valence-corrected chi connectivity index (χ1v) is 15.4. The zero-order valence-electron chi connectivity index (χ0n) is 23.0. The van der Waals surface area contributed by atoms with Crippen molar-refractivity contribution in [1.29, 1.82) is 0 Å². The Morgan fingerprint density at radius 2 is 1.02 bits per heavy atom. The molecule has 7 aromatic carbocycles. The lowest BCUT2D eigenvalue weighted by Crippen LogP contribution is -1.90. The highest BCUT2D eigenvalue weighted by molar-refractivity contribution is 7.26. The zero-order chi connectivity index (χ0) is 28.1. The minimum absolute atomic E-state index is 0.945. The predicted molar refractivity (Wildman–Crippen MR) is 185 cm³/mol. The molecule has 198 valence electrons. The highest BCUT2D eigenvalue weighted by atomic mass is 32.1. The van der Waals surface area contributed by atoms with Crippen LogP contribution in [0.25, 0.3) is 96.3 Å². The van der Waals surface area contributed by atoms with Crippen LogP contribution in [-0.4, -0.2) is 9.97 Å². The topological polar surface area (TPSA) is 25.8 Å². The third kappa shape index (κ3) is 3.23. The van der Waals surface area contributed by atoms with Crippen molar-refractivity contribution < 1.29 is 0 Å². The van der Waals surface area contributed by atoms with Crippen molar-refractivity contribution in [2.75, 3.05) is 0 Å². The summed E-state index contributed by atoms with van der Waals surface area (Å²) in [5.41, 5.74) is 4.02. The van der Waals surface area contributed by atoms with Crippen LogP contribution in [0.2, 0.25) is 0 Å². The molecule has 0 saturated carbocycles. The molecule has 43 heavy (non-hydrogen) atoms. The summed E-state index contributed by atoms with van der Waals surface area (Å²) in [4.78, 5) is 9.93. The van der Waals surface area contributed by atoms with Crippen molar-refractivity contribution in [3.8, 4) is 11.3 Å². The van der Waals surface area contributed by atoms with Gasteiger partial charge in [0.25, 0.3) is 0 Å². The van der Waals surface area contributed by atoms with E-state index in [1.165, 1.54) is 63.3 Å². The van der Waals surface area contributed by atoms with Crippen LogP contribution in [0, 0.1) is 0 Å². The van der Waals surface area contributed by atoms with E-state index in [0.29, 0.717) is 0 Å². The van der Waals surface area contributed by atoms with Crippen molar-refractivity contribution in [2.24, 2.45) is 0 Å². The number of thiophene rings is 1. The number of hydrogen-bond acceptors (Lipinski definition) is 3. The van der Waals surface area contributed by atoms with Gasteiger partial charge in [0.2, 0.25) is 0 Å². The SMILES string of the molecule is c1cnc2c(c1)ccc1ccc(-c3cc4sc5cc6c7ccccc7c7ccccc7c6cc5c4c4ccccc34)nc12. The Kier molecular flexibility index (Phi) is 4.63. The summed E-state index contributed by atoms with van der Waals surface area (Å²) in [6, 6.07) is 46.4. The smallest absolute Gasteiger partial charge is 0.0972 e. The van der Waals surface area contributed by atoms with Gasteiger partial charge < -0.3 is 0 Å². The molecule has 2 nitrogen and oxygen atoms in total. The molecule has 0 fully saturated rings. The Balaban J connectivity index is 1.32. The van der Waals surface area contributed by atoms with Gasteiger partial charge in [0.15, 0.2) is 0 Å². The van der Waals surface area contributed by atoms with Crippen LogP contribution >= 0.6 is 11.3 Å². The minimum atomic E-state index is 0.945. The first-order chi connectivity index (χ1) is 21.3. The molecule has 0 aliphatic carbocycles. The molecule has 0 aliphatic rings. The van der Waals surface area contributed by atoms with Crippen LogP contribution in [0.5, 0.6) is 0 Å². The maximum Gasteiger partial charge on any atom is 0.0972 e. The summed E-state index contributed by atoms with van der Waals surface area (Å²) in [6.07, 6.45) is 1.85. The number of benzene rings is 7. The summed E-state index contributed by atoms with van der Waals surface area (Å²) in [7, 11) is 0. The summed E-state index contributed by atoms with van der Waals surface area (Å²) >= 11 is 1.88. The standard InChI is InChI=1S/C40H22N2S/c1-3-11-27-25(9-1)26-10-2-4-12-28(26)32-21-36-34(20-31(27)32)38-30-14-6-5-13-29(30)33(22-37(38)43-36)35-18-17-24-16-15-23-8-7-19-41-39(23)40(24)42-35/h1-22H. The van der Waals surface area contributed by atoms with E-state index in [9.17, 15) is 0 Å². The minimum Gasteiger partial charge on any atom is -0.254 e. The third-order valence-corrected chi connectivity index (χ3v) is 10.1. The first kappa shape index (κ1) is 23.2. The second-order valence-electron chi connectivity index (χ2n) is 11.3. The van der Waals surface area contributed by atoms with Gasteiger partial charge in [0.1, 0.15) is 0 Å². The fourth-order valence-electron chi connectivity index (χ4n) is 7.12. The molecule has 0 N–H and O–H groups in total. The number of pyridine rings is 2. The van der Waals surface area contributed by atoms with E-state index >= 15 is 0 Å². The highest BCUT2D eigenvalue weighted by Gasteiger charge is 2.17. The zero-order valence-corrected chi connectivity index (χ0v) is 23.8. The molecule has 0 unspecified atom stereocenters. The number of hydrogen-bond donors (Lipinski definition) is 0. The molecule has 3 aromatic heterocycles. The normalized spacial score (nSPS) is 12.2. The van der Waals surface area contributed by atoms with E-state index in [4.69, 9.17) is 9.97 Å². The molecule has 0 bridgehead atoms. The van der Waals surface area contributed by atoms with E-state index in [1.54, 1.807) is 0 Å². The summed E-state index contributed by atoms with van der Waals surface area (Å²) in [5, 5.41) is 15.2. The average Bonchev–Trinajstić information content (AvgIpc) is 3.44. The van der Waals surface area contributed by atoms with Crippen LogP contribution in [-0.2, 0) is 0 Å². The monoisotopic (exact) mass is 562 g/mol. The Bertz CT molecular complexity index is 2790. The number of aromatic nitrogens is 2. The van der Waals surface area contributed by atoms with Gasteiger partial charge in [0.05, 0.1) is 16.7 Å². The number of rotatable bonds is 1. The Hall–Kier alpha value is -5.38. The number of fused-ring (bicyclic) bond motifs is 14. The van der Waals surface area contributed by atoms with Crippen LogP contribution in [0.1, 0.15) is 0 Å². The van der Waals surface area contributed by atoms with Gasteiger partial charge in [0, 0.05) is 42.7 Å². The van der Waals surface area contributed by atoms with Gasteiger partial charge in [-0.15, -0.1) is 11.3 Å². The van der Waals surface area contributed by atoms with Gasteiger partial charge in [-0.25, -0.2) is 4.98 Å². The largest absolute Gasteiger partial charge is 0.254 e. The van der Waals surface area contributed by atoms with Crippen LogP contribution in [0.4, 0.5) is 0 Å². The van der Waals surface area contributed by atoms with Gasteiger partial charge in [-0.1, -0.05) is 97.1 Å². The maximum atomic E-state index is 5.24. The fourth-order valence-corrected chi connectivity index (χ4v) is 8.31. The Labute approximate surface area is 250 Å². The molecule has 0 spiro atoms. The molecule has 0 amide bonds.